The summed E-state index contributed by atoms with van der Waals surface area (Å²) >= 11 is 0. The Morgan fingerprint density at radius 2 is 1.83 bits per heavy atom. The second-order valence-corrected chi connectivity index (χ2v) is 7.52. The molecular weight excluding hydrogens is 366 g/mol. The van der Waals surface area contributed by atoms with Crippen molar-refractivity contribution in [2.75, 3.05) is 6.61 Å². The molecule has 0 unspecified atom stereocenters. The van der Waals surface area contributed by atoms with E-state index in [0.717, 1.165) is 40.6 Å². The number of rotatable bonds is 5. The van der Waals surface area contributed by atoms with Gasteiger partial charge in [-0.1, -0.05) is 24.3 Å². The molecule has 0 atom stereocenters. The van der Waals surface area contributed by atoms with Gasteiger partial charge in [-0.15, -0.1) is 0 Å². The van der Waals surface area contributed by atoms with Gasteiger partial charge in [-0.2, -0.15) is 0 Å². The molecule has 5 nitrogen and oxygen atoms in total. The average Bonchev–Trinajstić information content (AvgIpc) is 3.54. The van der Waals surface area contributed by atoms with Gasteiger partial charge < -0.3 is 4.74 Å². The number of ketones is 1. The summed E-state index contributed by atoms with van der Waals surface area (Å²) in [5, 5.41) is 0. The minimum atomic E-state index is -0.574. The van der Waals surface area contributed by atoms with E-state index >= 15 is 0 Å². The van der Waals surface area contributed by atoms with Gasteiger partial charge in [-0.25, -0.2) is 4.79 Å². The third-order valence-electron chi connectivity index (χ3n) is 5.53. The zero-order valence-corrected chi connectivity index (χ0v) is 16.8. The van der Waals surface area contributed by atoms with Crippen LogP contribution in [0.4, 0.5) is 0 Å². The lowest BCUT2D eigenvalue weighted by Gasteiger charge is -2.16. The van der Waals surface area contributed by atoms with Gasteiger partial charge in [-0.05, 0) is 73.9 Å². The Morgan fingerprint density at radius 1 is 1.14 bits per heavy atom. The molecule has 1 saturated carbocycles. The van der Waals surface area contributed by atoms with Crippen LogP contribution < -0.4 is 5.56 Å². The fraction of sp³-hybridized carbons (Fsp3) is 0.292. The zero-order chi connectivity index (χ0) is 20.7. The number of aromatic nitrogens is 1. The summed E-state index contributed by atoms with van der Waals surface area (Å²) in [5.41, 5.74) is 5.25. The molecule has 0 spiro atoms. The molecule has 0 radical (unpaired) electrons. The van der Waals surface area contributed by atoms with Gasteiger partial charge in [0, 0.05) is 11.8 Å². The molecule has 0 saturated heterocycles. The van der Waals surface area contributed by atoms with Crippen LogP contribution in [0.5, 0.6) is 0 Å². The number of carbonyl (C=O) groups excluding carboxylic acids is 2. The first-order valence-corrected chi connectivity index (χ1v) is 9.89. The molecule has 0 bridgehead atoms. The topological polar surface area (TPSA) is 64.8 Å². The normalized spacial score (nSPS) is 13.5. The summed E-state index contributed by atoms with van der Waals surface area (Å²) in [6, 6.07) is 11.1. The smallest absolute Gasteiger partial charge is 0.343 e. The SMILES string of the molecule is CCOC(=O)c1cc(C2CC2)c2c(C)c(-c3ccc(C(C)=O)cc3)ccn2c1=O. The fourth-order valence-electron chi connectivity index (χ4n) is 3.85. The van der Waals surface area contributed by atoms with Crippen LogP contribution in [0.3, 0.4) is 0 Å². The number of aryl methyl sites for hydroxylation is 1. The maximum absolute atomic E-state index is 13.0. The van der Waals surface area contributed by atoms with Crippen LogP contribution in [-0.4, -0.2) is 22.8 Å². The Morgan fingerprint density at radius 3 is 2.41 bits per heavy atom. The second kappa shape index (κ2) is 7.32. The van der Waals surface area contributed by atoms with Gasteiger partial charge in [0.05, 0.1) is 12.1 Å². The van der Waals surface area contributed by atoms with Gasteiger partial charge in [0.1, 0.15) is 5.56 Å². The van der Waals surface area contributed by atoms with Crippen molar-refractivity contribution in [3.63, 3.8) is 0 Å². The monoisotopic (exact) mass is 389 g/mol. The van der Waals surface area contributed by atoms with Crippen LogP contribution in [-0.2, 0) is 4.74 Å². The number of carbonyl (C=O) groups is 2. The van der Waals surface area contributed by atoms with Gasteiger partial charge in [0.15, 0.2) is 5.78 Å². The summed E-state index contributed by atoms with van der Waals surface area (Å²) in [6.07, 6.45) is 3.83. The third-order valence-corrected chi connectivity index (χ3v) is 5.53. The van der Waals surface area contributed by atoms with Crippen LogP contribution in [0.15, 0.2) is 47.4 Å². The zero-order valence-electron chi connectivity index (χ0n) is 16.8. The fourth-order valence-corrected chi connectivity index (χ4v) is 3.85. The first-order chi connectivity index (χ1) is 13.9. The lowest BCUT2D eigenvalue weighted by Crippen LogP contribution is -2.25. The highest BCUT2D eigenvalue weighted by atomic mass is 16.5. The number of pyridine rings is 2. The van der Waals surface area contributed by atoms with Gasteiger partial charge in [0.25, 0.3) is 5.56 Å². The predicted molar refractivity (Wildman–Crippen MR) is 112 cm³/mol. The number of Topliss-reactive ketones (excluding diaryl/α,β-unsaturated/α-hetero) is 1. The van der Waals surface area contributed by atoms with Crippen molar-refractivity contribution in [3.8, 4) is 11.1 Å². The summed E-state index contributed by atoms with van der Waals surface area (Å²) < 4.78 is 6.66. The number of benzene rings is 1. The van der Waals surface area contributed by atoms with Gasteiger partial charge in [-0.3, -0.25) is 14.0 Å². The van der Waals surface area contributed by atoms with E-state index in [9.17, 15) is 14.4 Å². The second-order valence-electron chi connectivity index (χ2n) is 7.52. The third kappa shape index (κ3) is 3.37. The van der Waals surface area contributed by atoms with Gasteiger partial charge in [0.2, 0.25) is 0 Å². The van der Waals surface area contributed by atoms with Crippen molar-refractivity contribution in [3.05, 3.63) is 75.2 Å². The Kier molecular flexibility index (Phi) is 4.82. The van der Waals surface area contributed by atoms with Crippen LogP contribution in [0, 0.1) is 6.92 Å². The molecule has 0 aliphatic heterocycles. The molecule has 1 aliphatic rings. The summed E-state index contributed by atoms with van der Waals surface area (Å²) in [6.45, 7) is 5.50. The number of fused-ring (bicyclic) bond motifs is 1. The van der Waals surface area contributed by atoms with E-state index in [0.29, 0.717) is 11.5 Å². The first-order valence-electron chi connectivity index (χ1n) is 9.89. The van der Waals surface area contributed by atoms with E-state index in [1.807, 2.05) is 37.3 Å². The molecule has 1 aromatic carbocycles. The molecule has 2 heterocycles. The number of nitrogens with zero attached hydrogens (tertiary/aromatic N) is 1. The molecule has 3 aromatic rings. The minimum Gasteiger partial charge on any atom is -0.462 e. The highest BCUT2D eigenvalue weighted by Crippen LogP contribution is 2.43. The molecule has 1 fully saturated rings. The molecular formula is C24H23NO4. The first kappa shape index (κ1) is 19.1. The molecule has 5 heteroatoms. The van der Waals surface area contributed by atoms with Crippen molar-refractivity contribution < 1.29 is 14.3 Å². The number of ether oxygens (including phenoxy) is 1. The Hall–Kier alpha value is -3.21. The highest BCUT2D eigenvalue weighted by Gasteiger charge is 2.29. The van der Waals surface area contributed by atoms with Crippen molar-refractivity contribution in [1.82, 2.24) is 4.40 Å². The molecule has 4 rings (SSSR count). The molecule has 1 aliphatic carbocycles. The number of esters is 1. The van der Waals surface area contributed by atoms with Crippen molar-refractivity contribution in [1.29, 1.82) is 0 Å². The van der Waals surface area contributed by atoms with Crippen LogP contribution in [0.1, 0.15) is 64.4 Å². The van der Waals surface area contributed by atoms with E-state index in [1.54, 1.807) is 30.5 Å². The average molecular weight is 389 g/mol. The largest absolute Gasteiger partial charge is 0.462 e. The molecule has 0 amide bonds. The summed E-state index contributed by atoms with van der Waals surface area (Å²) in [4.78, 5) is 36.8. The lowest BCUT2D eigenvalue weighted by molar-refractivity contribution is 0.0524. The Bertz CT molecular complexity index is 1180. The maximum atomic E-state index is 13.0. The minimum absolute atomic E-state index is 0.0286. The quantitative estimate of drug-likeness (QED) is 0.475. The maximum Gasteiger partial charge on any atom is 0.343 e. The Balaban J connectivity index is 1.93. The van der Waals surface area contributed by atoms with E-state index in [-0.39, 0.29) is 23.5 Å². The predicted octanol–water partition coefficient (Wildman–Crippen LogP) is 4.53. The number of hydrogen-bond acceptors (Lipinski definition) is 4. The highest BCUT2D eigenvalue weighted by molar-refractivity contribution is 5.95. The lowest BCUT2D eigenvalue weighted by atomic mass is 9.96. The van der Waals surface area contributed by atoms with Crippen molar-refractivity contribution in [2.24, 2.45) is 0 Å². The molecule has 2 aromatic heterocycles. The van der Waals surface area contributed by atoms with Crippen LogP contribution in [0.2, 0.25) is 0 Å². The van der Waals surface area contributed by atoms with E-state index < -0.39 is 5.97 Å². The van der Waals surface area contributed by atoms with E-state index in [4.69, 9.17) is 4.74 Å². The molecule has 0 N–H and O–H groups in total. The molecule has 29 heavy (non-hydrogen) atoms. The summed E-state index contributed by atoms with van der Waals surface area (Å²) in [5.74, 6) is -0.191. The van der Waals surface area contributed by atoms with Crippen molar-refractivity contribution >= 4 is 17.3 Å². The molecule has 148 valence electrons. The number of hydrogen-bond donors (Lipinski definition) is 0. The van der Waals surface area contributed by atoms with Crippen LogP contribution >= 0.6 is 0 Å². The van der Waals surface area contributed by atoms with Crippen molar-refractivity contribution in [2.45, 2.75) is 39.5 Å². The van der Waals surface area contributed by atoms with E-state index in [2.05, 4.69) is 0 Å². The summed E-state index contributed by atoms with van der Waals surface area (Å²) in [7, 11) is 0. The van der Waals surface area contributed by atoms with Crippen LogP contribution in [0.25, 0.3) is 16.6 Å². The van der Waals surface area contributed by atoms with Gasteiger partial charge >= 0.3 is 5.97 Å². The standard InChI is InChI=1S/C24H23NO4/c1-4-29-24(28)21-13-20(18-9-10-18)22-14(2)19(11-12-25(22)23(21)27)17-7-5-16(6-8-17)15(3)26/h5-8,11-13,18H,4,9-10H2,1-3H3. The van der Waals surface area contributed by atoms with E-state index in [1.165, 1.54) is 0 Å². The Labute approximate surface area is 168 Å².